The standard InChI is InChI=1S/C20H22N6O2S/c1-12-13(2)28-18-16(12)17(23-11-24-18)21-9-8-15-10-22-20(29-15)26-19(27)25-14-6-4-3-5-7-14/h3-7,11,15H,8-10H2,1-2H3,(H,21,23,24)(H2,22,25,26,27). The molecule has 2 amide bonds. The molecule has 3 aromatic rings. The average Bonchev–Trinajstić information content (AvgIpc) is 3.27. The number of rotatable bonds is 5. The van der Waals surface area contributed by atoms with Crippen LogP contribution in [0.4, 0.5) is 16.3 Å². The van der Waals surface area contributed by atoms with Crippen LogP contribution in [0, 0.1) is 13.8 Å². The van der Waals surface area contributed by atoms with Gasteiger partial charge in [-0.05, 0) is 32.4 Å². The van der Waals surface area contributed by atoms with E-state index in [9.17, 15) is 4.79 Å². The summed E-state index contributed by atoms with van der Waals surface area (Å²) in [6.07, 6.45) is 2.40. The van der Waals surface area contributed by atoms with Gasteiger partial charge in [0, 0.05) is 23.0 Å². The van der Waals surface area contributed by atoms with Gasteiger partial charge in [-0.1, -0.05) is 30.0 Å². The Morgan fingerprint density at radius 1 is 1.21 bits per heavy atom. The van der Waals surface area contributed by atoms with Crippen molar-refractivity contribution in [1.29, 1.82) is 0 Å². The van der Waals surface area contributed by atoms with E-state index >= 15 is 0 Å². The number of urea groups is 1. The molecular weight excluding hydrogens is 388 g/mol. The molecule has 1 aromatic carbocycles. The zero-order chi connectivity index (χ0) is 20.2. The Balaban J connectivity index is 1.25. The van der Waals surface area contributed by atoms with E-state index < -0.39 is 0 Å². The third-order valence-corrected chi connectivity index (χ3v) is 5.87. The molecule has 0 fully saturated rings. The summed E-state index contributed by atoms with van der Waals surface area (Å²) < 4.78 is 5.65. The number of benzene rings is 1. The predicted molar refractivity (Wildman–Crippen MR) is 117 cm³/mol. The number of furan rings is 1. The number of amidine groups is 1. The van der Waals surface area contributed by atoms with Crippen LogP contribution in [0.1, 0.15) is 17.7 Å². The fraction of sp³-hybridized carbons (Fsp3) is 0.300. The molecule has 0 aliphatic carbocycles. The molecule has 8 nitrogen and oxygen atoms in total. The second kappa shape index (κ2) is 8.52. The molecule has 0 bridgehead atoms. The van der Waals surface area contributed by atoms with E-state index in [-0.39, 0.29) is 6.03 Å². The van der Waals surface area contributed by atoms with Gasteiger partial charge in [-0.25, -0.2) is 14.8 Å². The van der Waals surface area contributed by atoms with Crippen LogP contribution in [0.5, 0.6) is 0 Å². The van der Waals surface area contributed by atoms with E-state index in [0.29, 0.717) is 22.7 Å². The first-order chi connectivity index (χ1) is 14.1. The second-order valence-electron chi connectivity index (χ2n) is 6.73. The minimum absolute atomic E-state index is 0.282. The Kier molecular flexibility index (Phi) is 5.66. The molecule has 3 N–H and O–H groups in total. The van der Waals surface area contributed by atoms with Gasteiger partial charge < -0.3 is 15.1 Å². The molecule has 1 atom stereocenters. The van der Waals surface area contributed by atoms with Gasteiger partial charge in [-0.2, -0.15) is 0 Å². The zero-order valence-electron chi connectivity index (χ0n) is 16.2. The van der Waals surface area contributed by atoms with Crippen LogP contribution in [0.25, 0.3) is 11.1 Å². The van der Waals surface area contributed by atoms with Crippen molar-refractivity contribution in [1.82, 2.24) is 15.3 Å². The number of para-hydroxylation sites is 1. The number of anilines is 2. The van der Waals surface area contributed by atoms with Crippen LogP contribution in [0.15, 0.2) is 46.1 Å². The number of aliphatic imine (C=N–C) groups is 1. The number of carbonyl (C=O) groups excluding carboxylic acids is 1. The van der Waals surface area contributed by atoms with E-state index in [1.54, 1.807) is 11.8 Å². The van der Waals surface area contributed by atoms with Crippen molar-refractivity contribution in [2.45, 2.75) is 25.5 Å². The summed E-state index contributed by atoms with van der Waals surface area (Å²) in [7, 11) is 0. The van der Waals surface area contributed by atoms with Gasteiger partial charge in [0.2, 0.25) is 5.71 Å². The average molecular weight is 411 g/mol. The summed E-state index contributed by atoms with van der Waals surface area (Å²) in [5.74, 6) is 1.64. The van der Waals surface area contributed by atoms with Crippen molar-refractivity contribution in [2.75, 3.05) is 23.7 Å². The molecule has 1 aliphatic heterocycles. The number of aryl methyl sites for hydroxylation is 2. The van der Waals surface area contributed by atoms with Gasteiger partial charge in [-0.15, -0.1) is 0 Å². The minimum atomic E-state index is -0.282. The Bertz CT molecular complexity index is 1050. The third kappa shape index (κ3) is 4.51. The monoisotopic (exact) mass is 410 g/mol. The molecule has 150 valence electrons. The van der Waals surface area contributed by atoms with Gasteiger partial charge in [0.1, 0.15) is 17.9 Å². The predicted octanol–water partition coefficient (Wildman–Crippen LogP) is 3.93. The van der Waals surface area contributed by atoms with Crippen molar-refractivity contribution < 1.29 is 9.21 Å². The van der Waals surface area contributed by atoms with Crippen LogP contribution in [-0.2, 0) is 0 Å². The number of hydrogen-bond acceptors (Lipinski definition) is 7. The molecule has 2 aromatic heterocycles. The molecule has 4 rings (SSSR count). The first kappa shape index (κ1) is 19.3. The molecule has 1 aliphatic rings. The highest BCUT2D eigenvalue weighted by atomic mass is 32.2. The van der Waals surface area contributed by atoms with Crippen molar-refractivity contribution >= 4 is 45.6 Å². The smallest absolute Gasteiger partial charge is 0.325 e. The molecule has 0 spiro atoms. The number of carbonyl (C=O) groups is 1. The SMILES string of the molecule is Cc1oc2ncnc(NCCC3CN=C(NC(=O)Nc4ccccc4)S3)c2c1C. The molecule has 3 heterocycles. The molecular formula is C20H22N6O2S. The highest BCUT2D eigenvalue weighted by Gasteiger charge is 2.21. The maximum atomic E-state index is 12.1. The van der Waals surface area contributed by atoms with Crippen molar-refractivity contribution in [3.05, 3.63) is 48.0 Å². The maximum absolute atomic E-state index is 12.1. The highest BCUT2D eigenvalue weighted by Crippen LogP contribution is 2.28. The number of hydrogen-bond donors (Lipinski definition) is 3. The summed E-state index contributed by atoms with van der Waals surface area (Å²) in [4.78, 5) is 25.1. The van der Waals surface area contributed by atoms with Crippen molar-refractivity contribution in [3.8, 4) is 0 Å². The second-order valence-corrected chi connectivity index (χ2v) is 8.02. The lowest BCUT2D eigenvalue weighted by Crippen LogP contribution is -2.32. The van der Waals surface area contributed by atoms with Gasteiger partial charge in [0.25, 0.3) is 0 Å². The number of aromatic nitrogens is 2. The zero-order valence-corrected chi connectivity index (χ0v) is 17.0. The number of thioether (sulfide) groups is 1. The van der Waals surface area contributed by atoms with Crippen LogP contribution in [0.3, 0.4) is 0 Å². The van der Waals surface area contributed by atoms with E-state index in [0.717, 1.165) is 41.2 Å². The normalized spacial score (nSPS) is 15.9. The Morgan fingerprint density at radius 2 is 2.03 bits per heavy atom. The molecule has 9 heteroatoms. The molecule has 0 radical (unpaired) electrons. The number of fused-ring (bicyclic) bond motifs is 1. The van der Waals surface area contributed by atoms with E-state index in [1.807, 2.05) is 44.2 Å². The van der Waals surface area contributed by atoms with E-state index in [2.05, 4.69) is 30.9 Å². The lowest BCUT2D eigenvalue weighted by atomic mass is 10.2. The molecule has 1 unspecified atom stereocenters. The highest BCUT2D eigenvalue weighted by molar-refractivity contribution is 8.14. The topological polar surface area (TPSA) is 104 Å². The Morgan fingerprint density at radius 3 is 2.86 bits per heavy atom. The summed E-state index contributed by atoms with van der Waals surface area (Å²) in [5.41, 5.74) is 2.40. The van der Waals surface area contributed by atoms with Crippen molar-refractivity contribution in [2.24, 2.45) is 4.99 Å². The van der Waals surface area contributed by atoms with Crippen LogP contribution < -0.4 is 16.0 Å². The third-order valence-electron chi connectivity index (χ3n) is 4.69. The maximum Gasteiger partial charge on any atom is 0.325 e. The Hall–Kier alpha value is -3.07. The van der Waals surface area contributed by atoms with Gasteiger partial charge >= 0.3 is 6.03 Å². The van der Waals surface area contributed by atoms with Gasteiger partial charge in [-0.3, -0.25) is 10.3 Å². The molecule has 0 saturated carbocycles. The van der Waals surface area contributed by atoms with E-state index in [1.165, 1.54) is 6.33 Å². The van der Waals surface area contributed by atoms with Crippen LogP contribution in [-0.4, -0.2) is 39.5 Å². The summed E-state index contributed by atoms with van der Waals surface area (Å²) >= 11 is 1.58. The fourth-order valence-corrected chi connectivity index (χ4v) is 4.09. The van der Waals surface area contributed by atoms with E-state index in [4.69, 9.17) is 4.42 Å². The largest absolute Gasteiger partial charge is 0.443 e. The summed E-state index contributed by atoms with van der Waals surface area (Å²) in [5, 5.41) is 10.9. The van der Waals surface area contributed by atoms with Gasteiger partial charge in [0.05, 0.1) is 11.9 Å². The van der Waals surface area contributed by atoms with Crippen LogP contribution in [0.2, 0.25) is 0 Å². The summed E-state index contributed by atoms with van der Waals surface area (Å²) in [6.45, 7) is 5.35. The lowest BCUT2D eigenvalue weighted by Gasteiger charge is -2.11. The summed E-state index contributed by atoms with van der Waals surface area (Å²) in [6, 6.07) is 9.04. The van der Waals surface area contributed by atoms with Crippen LogP contribution >= 0.6 is 11.8 Å². The molecule has 0 saturated heterocycles. The first-order valence-corrected chi connectivity index (χ1v) is 10.3. The minimum Gasteiger partial charge on any atom is -0.443 e. The fourth-order valence-electron chi connectivity index (χ4n) is 3.09. The number of nitrogens with one attached hydrogen (secondary N) is 3. The number of amides is 2. The van der Waals surface area contributed by atoms with Gasteiger partial charge in [0.15, 0.2) is 5.17 Å². The molecule has 29 heavy (non-hydrogen) atoms. The number of nitrogens with zero attached hydrogens (tertiary/aromatic N) is 3. The quantitative estimate of drug-likeness (QED) is 0.589. The Labute approximate surface area is 172 Å². The first-order valence-electron chi connectivity index (χ1n) is 9.39. The van der Waals surface area contributed by atoms with Crippen molar-refractivity contribution in [3.63, 3.8) is 0 Å². The lowest BCUT2D eigenvalue weighted by molar-refractivity contribution is 0.256.